The van der Waals surface area contributed by atoms with Crippen LogP contribution in [0.1, 0.15) is 22.2 Å². The van der Waals surface area contributed by atoms with Gasteiger partial charge in [-0.1, -0.05) is 0 Å². The van der Waals surface area contributed by atoms with Crippen molar-refractivity contribution in [2.24, 2.45) is 0 Å². The van der Waals surface area contributed by atoms with Gasteiger partial charge < -0.3 is 0 Å². The normalized spacial score (nSPS) is 13.3. The van der Waals surface area contributed by atoms with Crippen LogP contribution in [-0.2, 0) is 6.42 Å². The molecule has 0 bridgehead atoms. The van der Waals surface area contributed by atoms with Crippen LogP contribution in [-0.4, -0.2) is 44.7 Å². The van der Waals surface area contributed by atoms with Crippen LogP contribution in [0.5, 0.6) is 5.75 Å². The molecule has 0 amide bonds. The van der Waals surface area contributed by atoms with Crippen LogP contribution in [0.2, 0.25) is 5.27 Å². The number of hydrogen-bond donors (Lipinski definition) is 0. The van der Waals surface area contributed by atoms with Gasteiger partial charge in [0.25, 0.3) is 0 Å². The molecule has 1 aromatic carbocycles. The van der Waals surface area contributed by atoms with Crippen molar-refractivity contribution in [1.82, 2.24) is 0 Å². The molecule has 0 atom stereocenters. The van der Waals surface area contributed by atoms with Crippen LogP contribution in [0.25, 0.3) is 0 Å². The van der Waals surface area contributed by atoms with E-state index in [2.05, 4.69) is 19.1 Å². The van der Waals surface area contributed by atoms with E-state index in [1.807, 2.05) is 6.07 Å². The third kappa shape index (κ3) is 4.52. The van der Waals surface area contributed by atoms with E-state index < -0.39 is 5.27 Å². The Kier molecular flexibility index (Phi) is 5.56. The summed E-state index contributed by atoms with van der Waals surface area (Å²) in [5, 5.41) is -0.951. The fourth-order valence-electron chi connectivity index (χ4n) is 1.13. The van der Waals surface area contributed by atoms with E-state index in [1.165, 1.54) is 10.0 Å². The summed E-state index contributed by atoms with van der Waals surface area (Å²) in [6, 6.07) is 6.28. The molecule has 0 spiro atoms. The van der Waals surface area contributed by atoms with E-state index in [-0.39, 0.29) is 13.1 Å². The van der Waals surface area contributed by atoms with Crippen molar-refractivity contribution in [2.45, 2.75) is 25.5 Å². The van der Waals surface area contributed by atoms with Crippen molar-refractivity contribution in [3.8, 4) is 5.75 Å². The first-order chi connectivity index (χ1) is 7.96. The summed E-state index contributed by atoms with van der Waals surface area (Å²) < 4.78 is 21.8. The van der Waals surface area contributed by atoms with Crippen LogP contribution in [0.4, 0.5) is 0 Å². The van der Waals surface area contributed by atoms with E-state index in [1.54, 1.807) is 14.0 Å². The van der Waals surface area contributed by atoms with E-state index in [9.17, 15) is 0 Å². The summed E-state index contributed by atoms with van der Waals surface area (Å²) in [5.41, 5.74) is 1.36. The number of benzene rings is 1. The first-order valence-electron chi connectivity index (χ1n) is 5.65. The van der Waals surface area contributed by atoms with Gasteiger partial charge >= 0.3 is 112 Å². The van der Waals surface area contributed by atoms with E-state index in [0.29, 0.717) is 24.4 Å². The molecule has 84 valence electrons. The zero-order chi connectivity index (χ0) is 12.9. The van der Waals surface area contributed by atoms with Gasteiger partial charge in [-0.3, -0.25) is 0 Å². The van der Waals surface area contributed by atoms with Crippen LogP contribution in [0.3, 0.4) is 0 Å². The number of methoxy groups -OCH3 is 1. The van der Waals surface area contributed by atoms with Crippen molar-refractivity contribution in [3.63, 3.8) is 0 Å². The standard InChI is InChI=1S/C11H16OSe3/c1-4-9-8-10(12-3)6-7-11(9)14-15-13-5-2/h6-8H,4-5H2,1-3H3/i5D2. The predicted molar refractivity (Wildman–Crippen MR) is 69.7 cm³/mol. The summed E-state index contributed by atoms with van der Waals surface area (Å²) in [7, 11) is 1.69. The Hall–Kier alpha value is 0.578. The van der Waals surface area contributed by atoms with Crippen molar-refractivity contribution >= 4 is 42.0 Å². The summed E-state index contributed by atoms with van der Waals surface area (Å²) >= 11 is 1.05. The molecule has 0 fully saturated rings. The van der Waals surface area contributed by atoms with Crippen molar-refractivity contribution in [3.05, 3.63) is 23.8 Å². The molecule has 0 heterocycles. The third-order valence-electron chi connectivity index (χ3n) is 1.89. The molecule has 0 aromatic heterocycles. The fourth-order valence-corrected chi connectivity index (χ4v) is 16.0. The zero-order valence-corrected chi connectivity index (χ0v) is 14.2. The molecular weight excluding hydrogens is 385 g/mol. The van der Waals surface area contributed by atoms with Gasteiger partial charge in [-0.05, 0) is 0 Å². The molecule has 0 N–H and O–H groups in total. The van der Waals surface area contributed by atoms with E-state index in [0.717, 1.165) is 12.2 Å². The fraction of sp³-hybridized carbons (Fsp3) is 0.455. The van der Waals surface area contributed by atoms with Crippen LogP contribution >= 0.6 is 0 Å². The average molecular weight is 403 g/mol. The van der Waals surface area contributed by atoms with Gasteiger partial charge in [-0.2, -0.15) is 0 Å². The summed E-state index contributed by atoms with van der Waals surface area (Å²) in [4.78, 5) is 0. The summed E-state index contributed by atoms with van der Waals surface area (Å²) in [6.07, 6.45) is 1.02. The van der Waals surface area contributed by atoms with E-state index >= 15 is 0 Å². The van der Waals surface area contributed by atoms with Gasteiger partial charge in [0.2, 0.25) is 0 Å². The zero-order valence-electron chi connectivity index (χ0n) is 11.1. The molecule has 0 aliphatic rings. The number of aryl methyl sites for hydroxylation is 1. The second kappa shape index (κ2) is 7.79. The van der Waals surface area contributed by atoms with Gasteiger partial charge in [0.15, 0.2) is 0 Å². The van der Waals surface area contributed by atoms with Crippen molar-refractivity contribution < 1.29 is 7.48 Å². The molecule has 1 nitrogen and oxygen atoms in total. The predicted octanol–water partition coefficient (Wildman–Crippen LogP) is 1.26. The molecule has 0 saturated heterocycles. The second-order valence-corrected chi connectivity index (χ2v) is 18.4. The maximum absolute atomic E-state index is 7.56. The number of ether oxygens (including phenoxy) is 1. The minimum absolute atomic E-state index is 0.144. The Morgan fingerprint density at radius 1 is 1.40 bits per heavy atom. The average Bonchev–Trinajstić information content (AvgIpc) is 2.27. The van der Waals surface area contributed by atoms with Gasteiger partial charge in [0.05, 0.1) is 0 Å². The molecule has 0 unspecified atom stereocenters. The van der Waals surface area contributed by atoms with Gasteiger partial charge in [-0.25, -0.2) is 0 Å². The summed E-state index contributed by atoms with van der Waals surface area (Å²) in [6.45, 7) is 3.85. The number of hydrogen-bond acceptors (Lipinski definition) is 1. The molecule has 0 radical (unpaired) electrons. The molecule has 0 aliphatic carbocycles. The SMILES string of the molecule is [2H]C([2H])(C)[Se][Se][Se]c1ccc(OC)cc1CC. The molecular formula is C11H16OSe3. The molecule has 1 aromatic rings. The Morgan fingerprint density at radius 3 is 2.80 bits per heavy atom. The van der Waals surface area contributed by atoms with Crippen molar-refractivity contribution in [1.29, 1.82) is 0 Å². The molecule has 0 aliphatic heterocycles. The number of rotatable bonds is 6. The van der Waals surface area contributed by atoms with E-state index in [4.69, 9.17) is 7.48 Å². The quantitative estimate of drug-likeness (QED) is 0.651. The molecule has 15 heavy (non-hydrogen) atoms. The van der Waals surface area contributed by atoms with Gasteiger partial charge in [0, 0.05) is 0 Å². The summed E-state index contributed by atoms with van der Waals surface area (Å²) in [5.74, 6) is 0.922. The van der Waals surface area contributed by atoms with Gasteiger partial charge in [0.1, 0.15) is 0 Å². The third-order valence-corrected chi connectivity index (χ3v) is 16.7. The maximum atomic E-state index is 7.56. The topological polar surface area (TPSA) is 9.23 Å². The molecule has 1 rings (SSSR count). The van der Waals surface area contributed by atoms with Crippen LogP contribution in [0, 0.1) is 0 Å². The monoisotopic (exact) mass is 406 g/mol. The van der Waals surface area contributed by atoms with Gasteiger partial charge in [-0.15, -0.1) is 0 Å². The first kappa shape index (κ1) is 10.7. The Morgan fingerprint density at radius 2 is 2.20 bits per heavy atom. The van der Waals surface area contributed by atoms with Crippen LogP contribution < -0.4 is 9.20 Å². The van der Waals surface area contributed by atoms with Crippen molar-refractivity contribution in [2.75, 3.05) is 7.11 Å². The molecule has 4 heteroatoms. The Balaban J connectivity index is 2.64. The minimum atomic E-state index is -0.951. The second-order valence-electron chi connectivity index (χ2n) is 2.77. The van der Waals surface area contributed by atoms with Crippen LogP contribution in [0.15, 0.2) is 18.2 Å². The first-order valence-corrected chi connectivity index (χ1v) is 15.0. The molecule has 0 saturated carbocycles. The Labute approximate surface area is 111 Å². The Bertz CT molecular complexity index is 366.